The Balaban J connectivity index is 2.40. The molecule has 19 heavy (non-hydrogen) atoms. The molecule has 0 amide bonds. The van der Waals surface area contributed by atoms with Crippen LogP contribution in [0.1, 0.15) is 0 Å². The van der Waals surface area contributed by atoms with Gasteiger partial charge >= 0.3 is 5.97 Å². The Morgan fingerprint density at radius 2 is 2.21 bits per heavy atom. The second kappa shape index (κ2) is 5.85. The highest BCUT2D eigenvalue weighted by Crippen LogP contribution is 2.37. The van der Waals surface area contributed by atoms with E-state index < -0.39 is 12.0 Å². The average molecular weight is 390 g/mol. The van der Waals surface area contributed by atoms with E-state index in [4.69, 9.17) is 15.6 Å². The molecule has 0 saturated carbocycles. The molecule has 0 aliphatic rings. The third-order valence-corrected chi connectivity index (χ3v) is 3.72. The van der Waals surface area contributed by atoms with Gasteiger partial charge in [0.1, 0.15) is 18.2 Å². The lowest BCUT2D eigenvalue weighted by Crippen LogP contribution is -2.36. The van der Waals surface area contributed by atoms with Crippen molar-refractivity contribution >= 4 is 48.7 Å². The number of pyridine rings is 1. The van der Waals surface area contributed by atoms with Crippen LogP contribution in [-0.4, -0.2) is 28.7 Å². The summed E-state index contributed by atoms with van der Waals surface area (Å²) in [6.45, 7) is -0.124. The number of aromatic nitrogens is 1. The Hall–Kier alpha value is -1.18. The predicted octanol–water partition coefficient (Wildman–Crippen LogP) is 2.55. The number of rotatable bonds is 4. The molecular weight excluding hydrogens is 380 g/mol. The SMILES string of the molecule is NC(COc1c(Br)cc(Br)c2cccnc12)C(=O)O. The molecule has 1 aromatic carbocycles. The van der Waals surface area contributed by atoms with Crippen molar-refractivity contribution in [2.45, 2.75) is 6.04 Å². The minimum atomic E-state index is -1.11. The predicted molar refractivity (Wildman–Crippen MR) is 78.2 cm³/mol. The monoisotopic (exact) mass is 388 g/mol. The Morgan fingerprint density at radius 3 is 2.89 bits per heavy atom. The van der Waals surface area contributed by atoms with E-state index in [9.17, 15) is 4.79 Å². The molecule has 5 nitrogen and oxygen atoms in total. The van der Waals surface area contributed by atoms with Gasteiger partial charge in [0, 0.05) is 16.1 Å². The molecule has 0 saturated heterocycles. The van der Waals surface area contributed by atoms with Crippen LogP contribution >= 0.6 is 31.9 Å². The molecule has 7 heteroatoms. The lowest BCUT2D eigenvalue weighted by molar-refractivity contribution is -0.139. The van der Waals surface area contributed by atoms with Gasteiger partial charge in [-0.3, -0.25) is 9.78 Å². The van der Waals surface area contributed by atoms with Crippen molar-refractivity contribution in [2.75, 3.05) is 6.61 Å². The fourth-order valence-corrected chi connectivity index (χ4v) is 2.92. The number of hydrogen-bond donors (Lipinski definition) is 2. The Labute approximate surface area is 126 Å². The molecule has 2 rings (SSSR count). The summed E-state index contributed by atoms with van der Waals surface area (Å²) in [7, 11) is 0. The van der Waals surface area contributed by atoms with Crippen LogP contribution in [0.25, 0.3) is 10.9 Å². The van der Waals surface area contributed by atoms with Gasteiger partial charge in [-0.05, 0) is 28.1 Å². The number of carboxylic acid groups (broad SMARTS) is 1. The van der Waals surface area contributed by atoms with E-state index in [-0.39, 0.29) is 6.61 Å². The number of halogens is 2. The number of carbonyl (C=O) groups is 1. The first-order valence-corrected chi connectivity index (χ1v) is 6.93. The molecule has 1 heterocycles. The number of ether oxygens (including phenoxy) is 1. The Bertz CT molecular complexity index is 634. The van der Waals surface area contributed by atoms with Crippen molar-refractivity contribution in [3.05, 3.63) is 33.3 Å². The molecule has 1 unspecified atom stereocenters. The van der Waals surface area contributed by atoms with Crippen LogP contribution in [-0.2, 0) is 4.79 Å². The van der Waals surface area contributed by atoms with Gasteiger partial charge in [0.2, 0.25) is 0 Å². The van der Waals surface area contributed by atoms with Gasteiger partial charge in [0.15, 0.2) is 5.75 Å². The summed E-state index contributed by atoms with van der Waals surface area (Å²) >= 11 is 6.81. The summed E-state index contributed by atoms with van der Waals surface area (Å²) in [6.07, 6.45) is 1.64. The maximum Gasteiger partial charge on any atom is 0.324 e. The van der Waals surface area contributed by atoms with Crippen LogP contribution in [0.3, 0.4) is 0 Å². The van der Waals surface area contributed by atoms with E-state index in [0.29, 0.717) is 15.7 Å². The van der Waals surface area contributed by atoms with Crippen LogP contribution in [0.2, 0.25) is 0 Å². The van der Waals surface area contributed by atoms with Crippen LogP contribution < -0.4 is 10.5 Å². The normalized spacial score (nSPS) is 12.4. The smallest absolute Gasteiger partial charge is 0.324 e. The topological polar surface area (TPSA) is 85.4 Å². The first-order chi connectivity index (χ1) is 9.00. The summed E-state index contributed by atoms with van der Waals surface area (Å²) in [6, 6.07) is 4.46. The van der Waals surface area contributed by atoms with Crippen LogP contribution in [0.5, 0.6) is 5.75 Å². The van der Waals surface area contributed by atoms with Crippen LogP contribution in [0, 0.1) is 0 Å². The van der Waals surface area contributed by atoms with Gasteiger partial charge in [-0.2, -0.15) is 0 Å². The second-order valence-electron chi connectivity index (χ2n) is 3.82. The molecule has 2 aromatic rings. The van der Waals surface area contributed by atoms with E-state index in [1.54, 1.807) is 6.20 Å². The fraction of sp³-hybridized carbons (Fsp3) is 0.167. The number of nitrogens with zero attached hydrogens (tertiary/aromatic N) is 1. The molecule has 0 bridgehead atoms. The largest absolute Gasteiger partial charge is 0.488 e. The molecule has 0 aliphatic carbocycles. The van der Waals surface area contributed by atoms with Crippen molar-refractivity contribution in [1.82, 2.24) is 4.98 Å². The average Bonchev–Trinajstić information content (AvgIpc) is 2.38. The van der Waals surface area contributed by atoms with Crippen LogP contribution in [0.15, 0.2) is 33.3 Å². The quantitative estimate of drug-likeness (QED) is 0.839. The summed E-state index contributed by atoms with van der Waals surface area (Å²) in [4.78, 5) is 14.9. The molecule has 0 fully saturated rings. The van der Waals surface area contributed by atoms with Gasteiger partial charge in [-0.1, -0.05) is 22.0 Å². The molecule has 0 aliphatic heterocycles. The summed E-state index contributed by atoms with van der Waals surface area (Å²) in [5.74, 6) is -0.624. The van der Waals surface area contributed by atoms with Gasteiger partial charge in [0.25, 0.3) is 0 Å². The molecule has 3 N–H and O–H groups in total. The van der Waals surface area contributed by atoms with Crippen molar-refractivity contribution < 1.29 is 14.6 Å². The minimum Gasteiger partial charge on any atom is -0.488 e. The van der Waals surface area contributed by atoms with Crippen LogP contribution in [0.4, 0.5) is 0 Å². The van der Waals surface area contributed by atoms with E-state index >= 15 is 0 Å². The molecular formula is C12H10Br2N2O3. The van der Waals surface area contributed by atoms with E-state index in [2.05, 4.69) is 36.8 Å². The molecule has 100 valence electrons. The van der Waals surface area contributed by atoms with Gasteiger partial charge in [0.05, 0.1) is 4.47 Å². The standard InChI is InChI=1S/C12H10Br2N2O3/c13-7-4-8(14)11(19-5-9(15)12(17)18)10-6(7)2-1-3-16-10/h1-4,9H,5,15H2,(H,17,18). The van der Waals surface area contributed by atoms with Crippen molar-refractivity contribution in [2.24, 2.45) is 5.73 Å². The molecule has 0 spiro atoms. The van der Waals surface area contributed by atoms with E-state index in [1.165, 1.54) is 0 Å². The third-order valence-electron chi connectivity index (χ3n) is 2.47. The molecule has 1 atom stereocenters. The number of aliphatic carboxylic acids is 1. The van der Waals surface area contributed by atoms with Crippen molar-refractivity contribution in [3.63, 3.8) is 0 Å². The highest BCUT2D eigenvalue weighted by atomic mass is 79.9. The van der Waals surface area contributed by atoms with Crippen molar-refractivity contribution in [1.29, 1.82) is 0 Å². The lowest BCUT2D eigenvalue weighted by atomic mass is 10.2. The fourth-order valence-electron chi connectivity index (χ4n) is 1.53. The number of benzene rings is 1. The van der Waals surface area contributed by atoms with E-state index in [1.807, 2.05) is 18.2 Å². The molecule has 0 radical (unpaired) electrons. The number of carboxylic acids is 1. The number of fused-ring (bicyclic) bond motifs is 1. The maximum absolute atomic E-state index is 10.7. The highest BCUT2D eigenvalue weighted by Gasteiger charge is 2.16. The summed E-state index contributed by atoms with van der Waals surface area (Å²) in [5.41, 5.74) is 6.06. The van der Waals surface area contributed by atoms with Gasteiger partial charge < -0.3 is 15.6 Å². The van der Waals surface area contributed by atoms with E-state index in [0.717, 1.165) is 9.86 Å². The zero-order chi connectivity index (χ0) is 14.0. The Kier molecular flexibility index (Phi) is 4.38. The first-order valence-electron chi connectivity index (χ1n) is 5.34. The summed E-state index contributed by atoms with van der Waals surface area (Å²) < 4.78 is 7.05. The number of hydrogen-bond acceptors (Lipinski definition) is 4. The van der Waals surface area contributed by atoms with Gasteiger partial charge in [-0.25, -0.2) is 0 Å². The molecule has 1 aromatic heterocycles. The van der Waals surface area contributed by atoms with Gasteiger partial charge in [-0.15, -0.1) is 0 Å². The minimum absolute atomic E-state index is 0.124. The zero-order valence-electron chi connectivity index (χ0n) is 9.64. The third kappa shape index (κ3) is 3.05. The van der Waals surface area contributed by atoms with Crippen molar-refractivity contribution in [3.8, 4) is 5.75 Å². The zero-order valence-corrected chi connectivity index (χ0v) is 12.8. The highest BCUT2D eigenvalue weighted by molar-refractivity contribution is 9.11. The summed E-state index contributed by atoms with van der Waals surface area (Å²) in [5, 5.41) is 9.63. The lowest BCUT2D eigenvalue weighted by Gasteiger charge is -2.13. The second-order valence-corrected chi connectivity index (χ2v) is 5.53. The Morgan fingerprint density at radius 1 is 1.47 bits per heavy atom. The maximum atomic E-state index is 10.7. The number of nitrogens with two attached hydrogens (primary N) is 1. The first kappa shape index (κ1) is 14.2.